The average Bonchev–Trinajstić information content (AvgIpc) is 3.15. The summed E-state index contributed by atoms with van der Waals surface area (Å²) in [5.41, 5.74) is 9.12. The lowest BCUT2D eigenvalue weighted by Crippen LogP contribution is -2.11. The van der Waals surface area contributed by atoms with Crippen LogP contribution in [0.3, 0.4) is 0 Å². The zero-order chi connectivity index (χ0) is 17.9. The molecule has 0 aliphatic carbocycles. The van der Waals surface area contributed by atoms with E-state index in [2.05, 4.69) is 25.3 Å². The number of carbonyl (C=O) groups excluding carboxylic acids is 1. The van der Waals surface area contributed by atoms with Crippen LogP contribution in [0.1, 0.15) is 16.1 Å². The van der Waals surface area contributed by atoms with Gasteiger partial charge in [-0.1, -0.05) is 6.07 Å². The van der Waals surface area contributed by atoms with Gasteiger partial charge in [0.25, 0.3) is 0 Å². The van der Waals surface area contributed by atoms with Crippen molar-refractivity contribution in [3.05, 3.63) is 72.4 Å². The van der Waals surface area contributed by atoms with Crippen molar-refractivity contribution >= 4 is 22.8 Å². The number of pyridine rings is 3. The SMILES string of the molecule is NC(=O)c1cncc(-c2cc(NCc3ccccn3)nc3[nH]ccc23)c1. The van der Waals surface area contributed by atoms with Crippen LogP contribution in [0.15, 0.2) is 61.2 Å². The van der Waals surface area contributed by atoms with Gasteiger partial charge < -0.3 is 16.0 Å². The minimum Gasteiger partial charge on any atom is -0.366 e. The van der Waals surface area contributed by atoms with Crippen molar-refractivity contribution in [3.63, 3.8) is 0 Å². The van der Waals surface area contributed by atoms with Crippen LogP contribution in [0.5, 0.6) is 0 Å². The van der Waals surface area contributed by atoms with Crippen molar-refractivity contribution in [3.8, 4) is 11.1 Å². The molecule has 7 nitrogen and oxygen atoms in total. The van der Waals surface area contributed by atoms with Gasteiger partial charge in [0, 0.05) is 35.7 Å². The number of H-pyrrole nitrogens is 1. The molecule has 4 N–H and O–H groups in total. The van der Waals surface area contributed by atoms with Gasteiger partial charge in [0.15, 0.2) is 0 Å². The van der Waals surface area contributed by atoms with Crippen LogP contribution in [0.2, 0.25) is 0 Å². The molecule has 7 heteroatoms. The summed E-state index contributed by atoms with van der Waals surface area (Å²) in [6.07, 6.45) is 6.75. The van der Waals surface area contributed by atoms with Crippen molar-refractivity contribution in [2.45, 2.75) is 6.54 Å². The van der Waals surface area contributed by atoms with Crippen LogP contribution in [0.4, 0.5) is 5.82 Å². The van der Waals surface area contributed by atoms with E-state index in [1.807, 2.05) is 36.5 Å². The molecular weight excluding hydrogens is 328 g/mol. The number of primary amides is 1. The fourth-order valence-corrected chi connectivity index (χ4v) is 2.77. The van der Waals surface area contributed by atoms with E-state index in [1.54, 1.807) is 18.5 Å². The summed E-state index contributed by atoms with van der Waals surface area (Å²) in [4.78, 5) is 27.6. The fourth-order valence-electron chi connectivity index (χ4n) is 2.77. The van der Waals surface area contributed by atoms with Crippen LogP contribution in [0, 0.1) is 0 Å². The average molecular weight is 344 g/mol. The summed E-state index contributed by atoms with van der Waals surface area (Å²) in [7, 11) is 0. The quantitative estimate of drug-likeness (QED) is 0.516. The van der Waals surface area contributed by atoms with Gasteiger partial charge in [0.05, 0.1) is 17.8 Å². The minimum absolute atomic E-state index is 0.367. The molecule has 0 unspecified atom stereocenters. The van der Waals surface area contributed by atoms with E-state index in [-0.39, 0.29) is 0 Å². The monoisotopic (exact) mass is 344 g/mol. The molecule has 0 atom stereocenters. The molecule has 128 valence electrons. The molecule has 0 aliphatic rings. The van der Waals surface area contributed by atoms with Crippen molar-refractivity contribution < 1.29 is 4.79 Å². The Morgan fingerprint density at radius 1 is 1.19 bits per heavy atom. The Morgan fingerprint density at radius 2 is 2.12 bits per heavy atom. The molecule has 0 saturated heterocycles. The summed E-state index contributed by atoms with van der Waals surface area (Å²) < 4.78 is 0. The van der Waals surface area contributed by atoms with Gasteiger partial charge in [-0.3, -0.25) is 14.8 Å². The molecule has 0 fully saturated rings. The summed E-state index contributed by atoms with van der Waals surface area (Å²) in [6, 6.07) is 11.4. The number of rotatable bonds is 5. The maximum atomic E-state index is 11.5. The predicted molar refractivity (Wildman–Crippen MR) is 99.4 cm³/mol. The van der Waals surface area contributed by atoms with Gasteiger partial charge in [-0.15, -0.1) is 0 Å². The van der Waals surface area contributed by atoms with Gasteiger partial charge >= 0.3 is 0 Å². The molecule has 0 aliphatic heterocycles. The molecule has 0 saturated carbocycles. The molecule has 4 aromatic heterocycles. The topological polar surface area (TPSA) is 110 Å². The number of hydrogen-bond acceptors (Lipinski definition) is 5. The van der Waals surface area contributed by atoms with Crippen LogP contribution in [-0.4, -0.2) is 25.8 Å². The fraction of sp³-hybridized carbons (Fsp3) is 0.0526. The molecule has 1 amide bonds. The number of aromatic amines is 1. The van der Waals surface area contributed by atoms with Crippen LogP contribution >= 0.6 is 0 Å². The lowest BCUT2D eigenvalue weighted by Gasteiger charge is -2.10. The van der Waals surface area contributed by atoms with Crippen molar-refractivity contribution in [2.24, 2.45) is 5.73 Å². The number of fused-ring (bicyclic) bond motifs is 1. The second-order valence-electron chi connectivity index (χ2n) is 5.80. The maximum Gasteiger partial charge on any atom is 0.250 e. The lowest BCUT2D eigenvalue weighted by molar-refractivity contribution is 0.1000. The summed E-state index contributed by atoms with van der Waals surface area (Å²) in [6.45, 7) is 0.555. The van der Waals surface area contributed by atoms with Gasteiger partial charge in [0.2, 0.25) is 5.91 Å². The number of amides is 1. The smallest absolute Gasteiger partial charge is 0.250 e. The highest BCUT2D eigenvalue weighted by atomic mass is 16.1. The van der Waals surface area contributed by atoms with E-state index in [0.29, 0.717) is 17.9 Å². The third kappa shape index (κ3) is 3.10. The Hall–Kier alpha value is -3.74. The minimum atomic E-state index is -0.507. The Morgan fingerprint density at radius 3 is 2.92 bits per heavy atom. The first kappa shape index (κ1) is 15.8. The first-order chi connectivity index (χ1) is 12.7. The summed E-state index contributed by atoms with van der Waals surface area (Å²) in [5.74, 6) is 0.192. The zero-order valence-corrected chi connectivity index (χ0v) is 13.8. The Kier molecular flexibility index (Phi) is 4.03. The Labute approximate surface area is 149 Å². The molecular formula is C19H16N6O. The summed E-state index contributed by atoms with van der Waals surface area (Å²) >= 11 is 0. The van der Waals surface area contributed by atoms with E-state index in [0.717, 1.165) is 27.9 Å². The van der Waals surface area contributed by atoms with Gasteiger partial charge in [0.1, 0.15) is 11.5 Å². The van der Waals surface area contributed by atoms with Crippen molar-refractivity contribution in [1.29, 1.82) is 0 Å². The van der Waals surface area contributed by atoms with E-state index < -0.39 is 5.91 Å². The van der Waals surface area contributed by atoms with E-state index >= 15 is 0 Å². The first-order valence-corrected chi connectivity index (χ1v) is 8.08. The third-order valence-corrected chi connectivity index (χ3v) is 4.04. The van der Waals surface area contributed by atoms with E-state index in [4.69, 9.17) is 5.73 Å². The lowest BCUT2D eigenvalue weighted by atomic mass is 10.0. The molecule has 26 heavy (non-hydrogen) atoms. The summed E-state index contributed by atoms with van der Waals surface area (Å²) in [5, 5.41) is 4.23. The van der Waals surface area contributed by atoms with Crippen molar-refractivity contribution in [1.82, 2.24) is 19.9 Å². The molecule has 4 heterocycles. The molecule has 0 bridgehead atoms. The largest absolute Gasteiger partial charge is 0.366 e. The number of nitrogens with one attached hydrogen (secondary N) is 2. The highest BCUT2D eigenvalue weighted by molar-refractivity contribution is 5.97. The zero-order valence-electron chi connectivity index (χ0n) is 13.8. The van der Waals surface area contributed by atoms with Crippen LogP contribution < -0.4 is 11.1 Å². The number of hydrogen-bond donors (Lipinski definition) is 3. The first-order valence-electron chi connectivity index (χ1n) is 8.08. The normalized spacial score (nSPS) is 10.8. The van der Waals surface area contributed by atoms with Crippen LogP contribution in [0.25, 0.3) is 22.2 Å². The number of nitrogens with two attached hydrogens (primary N) is 1. The number of carbonyl (C=O) groups is 1. The van der Waals surface area contributed by atoms with Crippen molar-refractivity contribution in [2.75, 3.05) is 5.32 Å². The molecule has 0 spiro atoms. The second kappa shape index (κ2) is 6.64. The maximum absolute atomic E-state index is 11.5. The van der Waals surface area contributed by atoms with E-state index in [9.17, 15) is 4.79 Å². The number of anilines is 1. The molecule has 0 aromatic carbocycles. The van der Waals surface area contributed by atoms with Gasteiger partial charge in [-0.2, -0.15) is 0 Å². The molecule has 4 aromatic rings. The highest BCUT2D eigenvalue weighted by Gasteiger charge is 2.11. The number of aromatic nitrogens is 4. The third-order valence-electron chi connectivity index (χ3n) is 4.04. The predicted octanol–water partition coefficient (Wildman–Crippen LogP) is 2.73. The second-order valence-corrected chi connectivity index (χ2v) is 5.80. The van der Waals surface area contributed by atoms with E-state index in [1.165, 1.54) is 6.20 Å². The Bertz CT molecular complexity index is 1070. The van der Waals surface area contributed by atoms with Crippen LogP contribution in [-0.2, 0) is 6.54 Å². The Balaban J connectivity index is 1.73. The molecule has 0 radical (unpaired) electrons. The standard InChI is InChI=1S/C19H16N6O/c20-18(26)13-7-12(9-21-10-13)16-8-17(25-19-15(16)4-6-23-19)24-11-14-3-1-2-5-22-14/h1-10H,11H2,(H2,20,26)(H2,23,24,25). The highest BCUT2D eigenvalue weighted by Crippen LogP contribution is 2.30. The number of nitrogens with zero attached hydrogens (tertiary/aromatic N) is 3. The van der Waals surface area contributed by atoms with Gasteiger partial charge in [-0.25, -0.2) is 4.98 Å². The van der Waals surface area contributed by atoms with Gasteiger partial charge in [-0.05, 0) is 35.9 Å². The molecule has 4 rings (SSSR count).